The van der Waals surface area contributed by atoms with Crippen LogP contribution in [-0.4, -0.2) is 55.5 Å². The molecule has 0 spiro atoms. The first-order valence-corrected chi connectivity index (χ1v) is 6.21. The highest BCUT2D eigenvalue weighted by molar-refractivity contribution is 5.85. The van der Waals surface area contributed by atoms with Crippen LogP contribution in [0, 0.1) is 5.92 Å². The van der Waals surface area contributed by atoms with Crippen LogP contribution in [0.2, 0.25) is 0 Å². The van der Waals surface area contributed by atoms with Gasteiger partial charge in [0.15, 0.2) is 0 Å². The number of nitrogens with zero attached hydrogens (tertiary/aromatic N) is 2. The molecule has 1 aliphatic rings. The lowest BCUT2D eigenvalue weighted by Gasteiger charge is -2.36. The molecule has 1 saturated heterocycles. The van der Waals surface area contributed by atoms with Crippen LogP contribution >= 0.6 is 12.4 Å². The van der Waals surface area contributed by atoms with E-state index in [1.807, 2.05) is 21.0 Å². The molecule has 2 N–H and O–H groups in total. The van der Waals surface area contributed by atoms with Crippen LogP contribution < -0.4 is 5.73 Å². The Balaban J connectivity index is 0.00000256. The second-order valence-corrected chi connectivity index (χ2v) is 4.99. The molecule has 5 heteroatoms. The number of likely N-dealkylation sites (tertiary alicyclic amines) is 1. The van der Waals surface area contributed by atoms with E-state index in [1.54, 1.807) is 4.90 Å². The summed E-state index contributed by atoms with van der Waals surface area (Å²) in [5.41, 5.74) is 5.60. The number of piperidine rings is 1. The third-order valence-electron chi connectivity index (χ3n) is 3.47. The molecule has 1 rings (SSSR count). The molecule has 0 aromatic carbocycles. The smallest absolute Gasteiger partial charge is 0.239 e. The molecule has 17 heavy (non-hydrogen) atoms. The molecule has 1 aliphatic heterocycles. The molecule has 1 fully saturated rings. The topological polar surface area (TPSA) is 49.6 Å². The van der Waals surface area contributed by atoms with Crippen molar-refractivity contribution in [3.05, 3.63) is 0 Å². The van der Waals surface area contributed by atoms with Gasteiger partial charge in [0.2, 0.25) is 5.91 Å². The van der Waals surface area contributed by atoms with E-state index in [0.717, 1.165) is 26.1 Å². The number of amides is 1. The quantitative estimate of drug-likeness (QED) is 0.822. The van der Waals surface area contributed by atoms with Crippen molar-refractivity contribution in [2.45, 2.75) is 32.2 Å². The lowest BCUT2D eigenvalue weighted by molar-refractivity contribution is -0.134. The molecule has 4 nitrogen and oxygen atoms in total. The molecule has 0 aliphatic carbocycles. The fraction of sp³-hybridized carbons (Fsp3) is 0.917. The summed E-state index contributed by atoms with van der Waals surface area (Å²) in [5, 5.41) is 0. The van der Waals surface area contributed by atoms with Crippen LogP contribution in [-0.2, 0) is 4.79 Å². The Labute approximate surface area is 111 Å². The molecule has 102 valence electrons. The van der Waals surface area contributed by atoms with Crippen molar-refractivity contribution in [2.24, 2.45) is 11.7 Å². The normalized spacial score (nSPS) is 22.7. The van der Waals surface area contributed by atoms with Crippen molar-refractivity contribution < 1.29 is 4.79 Å². The number of carbonyl (C=O) groups excluding carboxylic acids is 1. The molecular weight excluding hydrogens is 238 g/mol. The van der Waals surface area contributed by atoms with E-state index in [-0.39, 0.29) is 24.4 Å². The highest BCUT2D eigenvalue weighted by atomic mass is 35.5. The second kappa shape index (κ2) is 7.90. The van der Waals surface area contributed by atoms with E-state index in [2.05, 4.69) is 4.90 Å². The lowest BCUT2D eigenvalue weighted by atomic mass is 9.94. The maximum absolute atomic E-state index is 11.9. The second-order valence-electron chi connectivity index (χ2n) is 4.99. The largest absolute Gasteiger partial charge is 0.347 e. The van der Waals surface area contributed by atoms with Gasteiger partial charge in [0.05, 0.1) is 6.04 Å². The van der Waals surface area contributed by atoms with Crippen LogP contribution in [0.3, 0.4) is 0 Å². The number of hydrogen-bond donors (Lipinski definition) is 1. The minimum absolute atomic E-state index is 0. The number of rotatable bonds is 4. The summed E-state index contributed by atoms with van der Waals surface area (Å²) in [6.07, 6.45) is 3.53. The lowest BCUT2D eigenvalue weighted by Crippen LogP contribution is -2.48. The highest BCUT2D eigenvalue weighted by Crippen LogP contribution is 2.21. The van der Waals surface area contributed by atoms with Gasteiger partial charge in [-0.2, -0.15) is 0 Å². The Bertz CT molecular complexity index is 234. The van der Waals surface area contributed by atoms with Crippen LogP contribution in [0.4, 0.5) is 0 Å². The minimum atomic E-state index is 0. The predicted octanol–water partition coefficient (Wildman–Crippen LogP) is 0.946. The summed E-state index contributed by atoms with van der Waals surface area (Å²) in [7, 11) is 3.64. The molecule has 2 unspecified atom stereocenters. The SMILES string of the molecule is CC(C(=O)N(C)C)N1CCCC(CCN)C1.Cl. The fourth-order valence-electron chi connectivity index (χ4n) is 2.45. The van der Waals surface area contributed by atoms with Gasteiger partial charge in [0.25, 0.3) is 0 Å². The van der Waals surface area contributed by atoms with Crippen molar-refractivity contribution in [1.82, 2.24) is 9.80 Å². The Hall–Kier alpha value is -0.320. The summed E-state index contributed by atoms with van der Waals surface area (Å²) < 4.78 is 0. The number of halogens is 1. The number of likely N-dealkylation sites (N-methyl/N-ethyl adjacent to an activating group) is 1. The Kier molecular flexibility index (Phi) is 7.75. The Morgan fingerprint density at radius 3 is 2.71 bits per heavy atom. The van der Waals surface area contributed by atoms with Crippen LogP contribution in [0.15, 0.2) is 0 Å². The van der Waals surface area contributed by atoms with Crippen molar-refractivity contribution in [2.75, 3.05) is 33.7 Å². The van der Waals surface area contributed by atoms with Gasteiger partial charge in [0.1, 0.15) is 0 Å². The average molecular weight is 264 g/mol. The van der Waals surface area contributed by atoms with E-state index < -0.39 is 0 Å². The number of nitrogens with two attached hydrogens (primary N) is 1. The van der Waals surface area contributed by atoms with Crippen molar-refractivity contribution in [1.29, 1.82) is 0 Å². The average Bonchev–Trinajstić information content (AvgIpc) is 2.28. The number of carbonyl (C=O) groups is 1. The van der Waals surface area contributed by atoms with E-state index >= 15 is 0 Å². The van der Waals surface area contributed by atoms with Gasteiger partial charge < -0.3 is 10.6 Å². The number of hydrogen-bond acceptors (Lipinski definition) is 3. The maximum atomic E-state index is 11.9. The van der Waals surface area contributed by atoms with Crippen LogP contribution in [0.25, 0.3) is 0 Å². The maximum Gasteiger partial charge on any atom is 0.239 e. The molecule has 0 bridgehead atoms. The summed E-state index contributed by atoms with van der Waals surface area (Å²) in [4.78, 5) is 15.8. The zero-order valence-corrected chi connectivity index (χ0v) is 12.0. The van der Waals surface area contributed by atoms with E-state index in [9.17, 15) is 4.79 Å². The summed E-state index contributed by atoms with van der Waals surface area (Å²) >= 11 is 0. The van der Waals surface area contributed by atoms with Gasteiger partial charge in [-0.25, -0.2) is 0 Å². The molecule has 1 amide bonds. The van der Waals surface area contributed by atoms with Crippen molar-refractivity contribution in [3.63, 3.8) is 0 Å². The fourth-order valence-corrected chi connectivity index (χ4v) is 2.45. The predicted molar refractivity (Wildman–Crippen MR) is 73.4 cm³/mol. The molecule has 1 heterocycles. The van der Waals surface area contributed by atoms with E-state index in [1.165, 1.54) is 12.8 Å². The third kappa shape index (κ3) is 4.82. The van der Waals surface area contributed by atoms with E-state index in [0.29, 0.717) is 5.92 Å². The molecule has 0 saturated carbocycles. The summed E-state index contributed by atoms with van der Waals surface area (Å²) in [5.74, 6) is 0.879. The Morgan fingerprint density at radius 1 is 1.53 bits per heavy atom. The minimum Gasteiger partial charge on any atom is -0.347 e. The standard InChI is InChI=1S/C12H25N3O.ClH/c1-10(12(16)14(2)3)15-8-4-5-11(9-15)6-7-13;/h10-11H,4-9,13H2,1-3H3;1H. The van der Waals surface area contributed by atoms with E-state index in [4.69, 9.17) is 5.73 Å². The monoisotopic (exact) mass is 263 g/mol. The van der Waals surface area contributed by atoms with Gasteiger partial charge in [-0.15, -0.1) is 12.4 Å². The van der Waals surface area contributed by atoms with Crippen molar-refractivity contribution >= 4 is 18.3 Å². The first kappa shape index (κ1) is 16.7. The van der Waals surface area contributed by atoms with Gasteiger partial charge in [-0.1, -0.05) is 0 Å². The molecule has 2 atom stereocenters. The Morgan fingerprint density at radius 2 is 2.18 bits per heavy atom. The third-order valence-corrected chi connectivity index (χ3v) is 3.47. The zero-order valence-electron chi connectivity index (χ0n) is 11.2. The zero-order chi connectivity index (χ0) is 12.1. The van der Waals surface area contributed by atoms with Crippen molar-refractivity contribution in [3.8, 4) is 0 Å². The van der Waals surface area contributed by atoms with Gasteiger partial charge >= 0.3 is 0 Å². The molecule has 0 aromatic rings. The molecular formula is C12H26ClN3O. The van der Waals surface area contributed by atoms with Crippen LogP contribution in [0.1, 0.15) is 26.2 Å². The molecule has 0 aromatic heterocycles. The summed E-state index contributed by atoms with van der Waals surface area (Å²) in [6.45, 7) is 4.83. The van der Waals surface area contributed by atoms with Gasteiger partial charge in [0, 0.05) is 20.6 Å². The molecule has 0 radical (unpaired) electrons. The summed E-state index contributed by atoms with van der Waals surface area (Å²) in [6, 6.07) is 0.00979. The van der Waals surface area contributed by atoms with Gasteiger partial charge in [-0.3, -0.25) is 9.69 Å². The first-order valence-electron chi connectivity index (χ1n) is 6.21. The first-order chi connectivity index (χ1) is 7.56. The highest BCUT2D eigenvalue weighted by Gasteiger charge is 2.27. The van der Waals surface area contributed by atoms with Gasteiger partial charge in [-0.05, 0) is 45.2 Å². The van der Waals surface area contributed by atoms with Crippen LogP contribution in [0.5, 0.6) is 0 Å².